The normalized spacial score (nSPS) is 10.1. The second kappa shape index (κ2) is 9.47. The van der Waals surface area contributed by atoms with Gasteiger partial charge in [0.25, 0.3) is 0 Å². The molecule has 144 valence electrons. The molecule has 2 rings (SSSR count). The number of benzene rings is 2. The molecule has 0 saturated carbocycles. The Morgan fingerprint density at radius 3 is 1.89 bits per heavy atom. The smallest absolute Gasteiger partial charge is 0.310 e. The van der Waals surface area contributed by atoms with Crippen LogP contribution in [0, 0.1) is 0 Å². The van der Waals surface area contributed by atoms with Crippen LogP contribution in [-0.4, -0.2) is 46.8 Å². The second-order valence-electron chi connectivity index (χ2n) is 5.52. The molecule has 2 aromatic carbocycles. The first kappa shape index (κ1) is 20.1. The molecule has 0 aliphatic heterocycles. The van der Waals surface area contributed by atoms with Crippen LogP contribution in [0.1, 0.15) is 15.9 Å². The van der Waals surface area contributed by atoms with Crippen molar-refractivity contribution < 1.29 is 33.3 Å². The minimum absolute atomic E-state index is 0.0135. The maximum Gasteiger partial charge on any atom is 0.310 e. The largest absolute Gasteiger partial charge is 0.493 e. The van der Waals surface area contributed by atoms with E-state index in [0.29, 0.717) is 34.1 Å². The molecule has 0 heterocycles. The summed E-state index contributed by atoms with van der Waals surface area (Å²) in [5.41, 5.74) is 1.06. The van der Waals surface area contributed by atoms with Crippen LogP contribution in [0.3, 0.4) is 0 Å². The number of hydrogen-bond donors (Lipinski definition) is 0. The molecule has 0 spiro atoms. The molecule has 0 aromatic heterocycles. The van der Waals surface area contributed by atoms with Crippen LogP contribution in [0.25, 0.3) is 0 Å². The number of Topliss-reactive ketones (excluding diaryl/α,β-unsaturated/α-hetero) is 1. The fourth-order valence-electron chi connectivity index (χ4n) is 2.45. The monoisotopic (exact) mass is 374 g/mol. The van der Waals surface area contributed by atoms with Crippen LogP contribution >= 0.6 is 0 Å². The summed E-state index contributed by atoms with van der Waals surface area (Å²) in [6.45, 7) is -0.360. The lowest BCUT2D eigenvalue weighted by Crippen LogP contribution is -2.16. The molecule has 27 heavy (non-hydrogen) atoms. The maximum absolute atomic E-state index is 12.2. The molecule has 0 unspecified atom stereocenters. The zero-order valence-corrected chi connectivity index (χ0v) is 15.7. The Labute approximate surface area is 157 Å². The molecule has 0 aliphatic carbocycles. The van der Waals surface area contributed by atoms with Crippen LogP contribution in [0.5, 0.6) is 23.0 Å². The number of rotatable bonds is 9. The van der Waals surface area contributed by atoms with Crippen molar-refractivity contribution in [3.8, 4) is 23.0 Å². The van der Waals surface area contributed by atoms with Crippen molar-refractivity contribution in [2.75, 3.05) is 35.0 Å². The zero-order chi connectivity index (χ0) is 19.8. The van der Waals surface area contributed by atoms with Crippen molar-refractivity contribution in [2.24, 2.45) is 0 Å². The van der Waals surface area contributed by atoms with Crippen LogP contribution in [0.15, 0.2) is 36.4 Å². The Morgan fingerprint density at radius 1 is 0.741 bits per heavy atom. The van der Waals surface area contributed by atoms with Crippen molar-refractivity contribution in [1.82, 2.24) is 0 Å². The SMILES string of the molecule is COc1ccc(CC(=O)OCC(=O)c2ccc(OC)c(OC)c2)cc1OC. The number of carbonyl (C=O) groups is 2. The molecule has 7 heteroatoms. The van der Waals surface area contributed by atoms with E-state index in [-0.39, 0.29) is 18.8 Å². The quantitative estimate of drug-likeness (QED) is 0.493. The Morgan fingerprint density at radius 2 is 1.30 bits per heavy atom. The highest BCUT2D eigenvalue weighted by Gasteiger charge is 2.14. The zero-order valence-electron chi connectivity index (χ0n) is 15.7. The number of esters is 1. The third-order valence-electron chi connectivity index (χ3n) is 3.87. The molecule has 7 nitrogen and oxygen atoms in total. The molecule has 0 aliphatic rings. The Balaban J connectivity index is 1.96. The molecule has 2 aromatic rings. The first-order valence-electron chi connectivity index (χ1n) is 8.14. The summed E-state index contributed by atoms with van der Waals surface area (Å²) in [5.74, 6) is 1.18. The Kier molecular flexibility index (Phi) is 7.05. The van der Waals surface area contributed by atoms with E-state index in [1.165, 1.54) is 28.4 Å². The average Bonchev–Trinajstić information content (AvgIpc) is 2.71. The number of carbonyl (C=O) groups excluding carboxylic acids is 2. The molecular formula is C20H22O7. The number of ketones is 1. The van der Waals surface area contributed by atoms with Crippen molar-refractivity contribution in [1.29, 1.82) is 0 Å². The van der Waals surface area contributed by atoms with Gasteiger partial charge in [-0.3, -0.25) is 9.59 Å². The van der Waals surface area contributed by atoms with E-state index < -0.39 is 5.97 Å². The molecular weight excluding hydrogens is 352 g/mol. The fourth-order valence-corrected chi connectivity index (χ4v) is 2.45. The highest BCUT2D eigenvalue weighted by molar-refractivity contribution is 5.98. The van der Waals surface area contributed by atoms with E-state index in [0.717, 1.165) is 0 Å². The van der Waals surface area contributed by atoms with E-state index in [4.69, 9.17) is 23.7 Å². The molecule has 0 fully saturated rings. The van der Waals surface area contributed by atoms with Gasteiger partial charge in [0.15, 0.2) is 35.4 Å². The summed E-state index contributed by atoms with van der Waals surface area (Å²) in [4.78, 5) is 24.3. The number of ether oxygens (including phenoxy) is 5. The van der Waals surface area contributed by atoms with Crippen LogP contribution in [0.2, 0.25) is 0 Å². The predicted octanol–water partition coefficient (Wildman–Crippen LogP) is 2.69. The number of methoxy groups -OCH3 is 4. The third-order valence-corrected chi connectivity index (χ3v) is 3.87. The van der Waals surface area contributed by atoms with Crippen LogP contribution in [0.4, 0.5) is 0 Å². The van der Waals surface area contributed by atoms with Gasteiger partial charge in [-0.15, -0.1) is 0 Å². The van der Waals surface area contributed by atoms with Gasteiger partial charge in [-0.05, 0) is 35.9 Å². The van der Waals surface area contributed by atoms with Crippen molar-refractivity contribution in [3.05, 3.63) is 47.5 Å². The van der Waals surface area contributed by atoms with E-state index in [1.54, 1.807) is 36.4 Å². The highest BCUT2D eigenvalue weighted by Crippen LogP contribution is 2.28. The van der Waals surface area contributed by atoms with E-state index >= 15 is 0 Å². The average molecular weight is 374 g/mol. The lowest BCUT2D eigenvalue weighted by atomic mass is 10.1. The van der Waals surface area contributed by atoms with E-state index in [9.17, 15) is 9.59 Å². The summed E-state index contributed by atoms with van der Waals surface area (Å²) in [6.07, 6.45) is 0.0135. The van der Waals surface area contributed by atoms with E-state index in [2.05, 4.69) is 0 Å². The topological polar surface area (TPSA) is 80.3 Å². The van der Waals surface area contributed by atoms with Gasteiger partial charge < -0.3 is 23.7 Å². The van der Waals surface area contributed by atoms with Gasteiger partial charge in [0.2, 0.25) is 0 Å². The number of hydrogen-bond acceptors (Lipinski definition) is 7. The lowest BCUT2D eigenvalue weighted by molar-refractivity contribution is -0.141. The third kappa shape index (κ3) is 5.13. The Bertz CT molecular complexity index is 814. The minimum atomic E-state index is -0.518. The molecule has 0 bridgehead atoms. The summed E-state index contributed by atoms with van der Waals surface area (Å²) < 4.78 is 25.7. The summed E-state index contributed by atoms with van der Waals surface area (Å²) in [7, 11) is 6.04. The maximum atomic E-state index is 12.2. The second-order valence-corrected chi connectivity index (χ2v) is 5.52. The first-order chi connectivity index (χ1) is 13.0. The van der Waals surface area contributed by atoms with Crippen molar-refractivity contribution in [2.45, 2.75) is 6.42 Å². The molecule has 0 radical (unpaired) electrons. The molecule has 0 amide bonds. The van der Waals surface area contributed by atoms with Crippen molar-refractivity contribution >= 4 is 11.8 Å². The molecule has 0 N–H and O–H groups in total. The highest BCUT2D eigenvalue weighted by atomic mass is 16.5. The van der Waals surface area contributed by atoms with Gasteiger partial charge in [0, 0.05) is 5.56 Å². The van der Waals surface area contributed by atoms with Crippen LogP contribution in [-0.2, 0) is 16.0 Å². The van der Waals surface area contributed by atoms with Gasteiger partial charge in [-0.2, -0.15) is 0 Å². The minimum Gasteiger partial charge on any atom is -0.493 e. The summed E-state index contributed by atoms with van der Waals surface area (Å²) in [5, 5.41) is 0. The lowest BCUT2D eigenvalue weighted by Gasteiger charge is -2.10. The summed E-state index contributed by atoms with van der Waals surface area (Å²) in [6, 6.07) is 9.89. The fraction of sp³-hybridized carbons (Fsp3) is 0.300. The standard InChI is InChI=1S/C20H22O7/c1-23-16-7-5-13(9-18(16)25-3)10-20(22)27-12-15(21)14-6-8-17(24-2)19(11-14)26-4/h5-9,11H,10,12H2,1-4H3. The van der Waals surface area contributed by atoms with Crippen molar-refractivity contribution in [3.63, 3.8) is 0 Å². The predicted molar refractivity (Wildman–Crippen MR) is 98.1 cm³/mol. The van der Waals surface area contributed by atoms with Crippen LogP contribution < -0.4 is 18.9 Å². The van der Waals surface area contributed by atoms with Gasteiger partial charge in [-0.1, -0.05) is 6.07 Å². The van der Waals surface area contributed by atoms with Gasteiger partial charge in [-0.25, -0.2) is 0 Å². The molecule has 0 saturated heterocycles. The van der Waals surface area contributed by atoms with E-state index in [1.807, 2.05) is 0 Å². The molecule has 0 atom stereocenters. The summed E-state index contributed by atoms with van der Waals surface area (Å²) >= 11 is 0. The van der Waals surface area contributed by atoms with Gasteiger partial charge >= 0.3 is 5.97 Å². The van der Waals surface area contributed by atoms with Gasteiger partial charge in [0.1, 0.15) is 0 Å². The Hall–Kier alpha value is -3.22. The first-order valence-corrected chi connectivity index (χ1v) is 8.14. The van der Waals surface area contributed by atoms with Gasteiger partial charge in [0.05, 0.1) is 34.9 Å².